The number of halogens is 1. The molecular formula is C12H11BrN2O2S. The highest BCUT2D eigenvalue weighted by molar-refractivity contribution is 9.10. The van der Waals surface area contributed by atoms with Gasteiger partial charge in [-0.1, -0.05) is 6.07 Å². The fourth-order valence-corrected chi connectivity index (χ4v) is 3.95. The molecular weight excluding hydrogens is 316 g/mol. The van der Waals surface area contributed by atoms with E-state index < -0.39 is 9.84 Å². The Balaban J connectivity index is 2.62. The van der Waals surface area contributed by atoms with Crippen molar-refractivity contribution in [3.63, 3.8) is 0 Å². The maximum absolute atomic E-state index is 12.4. The van der Waals surface area contributed by atoms with Gasteiger partial charge in [0.05, 0.1) is 9.79 Å². The topological polar surface area (TPSA) is 86.2 Å². The van der Waals surface area contributed by atoms with Crippen LogP contribution in [-0.4, -0.2) is 8.42 Å². The second kappa shape index (κ2) is 4.62. The van der Waals surface area contributed by atoms with Gasteiger partial charge < -0.3 is 11.5 Å². The number of nitrogens with two attached hydrogens (primary N) is 2. The van der Waals surface area contributed by atoms with Gasteiger partial charge >= 0.3 is 0 Å². The first-order chi connectivity index (χ1) is 8.41. The lowest BCUT2D eigenvalue weighted by Crippen LogP contribution is -2.04. The molecule has 6 heteroatoms. The van der Waals surface area contributed by atoms with Gasteiger partial charge in [-0.15, -0.1) is 0 Å². The quantitative estimate of drug-likeness (QED) is 0.830. The molecule has 0 fully saturated rings. The fourth-order valence-electron chi connectivity index (χ4n) is 1.54. The first-order valence-electron chi connectivity index (χ1n) is 5.07. The number of anilines is 2. The van der Waals surface area contributed by atoms with E-state index in [2.05, 4.69) is 15.9 Å². The number of benzene rings is 2. The first kappa shape index (κ1) is 12.9. The normalized spacial score (nSPS) is 11.4. The van der Waals surface area contributed by atoms with E-state index in [1.54, 1.807) is 24.3 Å². The summed E-state index contributed by atoms with van der Waals surface area (Å²) < 4.78 is 25.2. The van der Waals surface area contributed by atoms with E-state index in [1.807, 2.05) is 0 Å². The molecule has 94 valence electrons. The molecule has 2 rings (SSSR count). The van der Waals surface area contributed by atoms with Crippen molar-refractivity contribution in [2.75, 3.05) is 11.5 Å². The molecule has 0 aliphatic rings. The third kappa shape index (κ3) is 2.34. The molecule has 0 bridgehead atoms. The van der Waals surface area contributed by atoms with Crippen LogP contribution in [0, 0.1) is 0 Å². The molecule has 2 aromatic carbocycles. The third-order valence-corrected chi connectivity index (χ3v) is 5.14. The van der Waals surface area contributed by atoms with Crippen molar-refractivity contribution in [2.45, 2.75) is 9.79 Å². The highest BCUT2D eigenvalue weighted by Crippen LogP contribution is 2.29. The summed E-state index contributed by atoms with van der Waals surface area (Å²) in [4.78, 5) is 0.329. The van der Waals surface area contributed by atoms with E-state index in [0.717, 1.165) is 0 Å². The summed E-state index contributed by atoms with van der Waals surface area (Å²) in [6, 6.07) is 10.7. The minimum absolute atomic E-state index is 0.160. The van der Waals surface area contributed by atoms with Crippen LogP contribution in [-0.2, 0) is 9.84 Å². The summed E-state index contributed by atoms with van der Waals surface area (Å²) in [6.07, 6.45) is 0. The number of hydrogen-bond acceptors (Lipinski definition) is 4. The van der Waals surface area contributed by atoms with E-state index in [1.165, 1.54) is 18.2 Å². The average molecular weight is 327 g/mol. The van der Waals surface area contributed by atoms with Gasteiger partial charge in [0, 0.05) is 15.8 Å². The summed E-state index contributed by atoms with van der Waals surface area (Å²) in [5.74, 6) is 0. The van der Waals surface area contributed by atoms with Crippen molar-refractivity contribution < 1.29 is 8.42 Å². The zero-order chi connectivity index (χ0) is 13.3. The number of sulfone groups is 1. The van der Waals surface area contributed by atoms with E-state index in [4.69, 9.17) is 11.5 Å². The molecule has 0 heterocycles. The summed E-state index contributed by atoms with van der Waals surface area (Å²) in [5, 5.41) is 0. The molecule has 2 aromatic rings. The highest BCUT2D eigenvalue weighted by atomic mass is 79.9. The molecule has 0 saturated carbocycles. The number of nitrogen functional groups attached to an aromatic ring is 2. The summed E-state index contributed by atoms with van der Waals surface area (Å²) in [7, 11) is -3.59. The standard InChI is InChI=1S/C12H11BrN2O2S/c13-11-7-9(15)4-5-12(11)18(16,17)10-3-1-2-8(14)6-10/h1-7H,14-15H2. The molecule has 4 nitrogen and oxygen atoms in total. The summed E-state index contributed by atoms with van der Waals surface area (Å²) >= 11 is 3.21. The van der Waals surface area contributed by atoms with Crippen LogP contribution in [0.5, 0.6) is 0 Å². The van der Waals surface area contributed by atoms with E-state index in [-0.39, 0.29) is 9.79 Å². The summed E-state index contributed by atoms with van der Waals surface area (Å²) in [6.45, 7) is 0. The monoisotopic (exact) mass is 326 g/mol. The Morgan fingerprint density at radius 2 is 1.61 bits per heavy atom. The largest absolute Gasteiger partial charge is 0.399 e. The number of rotatable bonds is 2. The van der Waals surface area contributed by atoms with Crippen LogP contribution < -0.4 is 11.5 Å². The van der Waals surface area contributed by atoms with Gasteiger partial charge in [-0.05, 0) is 52.3 Å². The fraction of sp³-hybridized carbons (Fsp3) is 0. The Labute approximate surface area is 114 Å². The lowest BCUT2D eigenvalue weighted by Gasteiger charge is -2.08. The van der Waals surface area contributed by atoms with Gasteiger partial charge in [0.2, 0.25) is 9.84 Å². The highest BCUT2D eigenvalue weighted by Gasteiger charge is 2.20. The van der Waals surface area contributed by atoms with Crippen molar-refractivity contribution in [1.82, 2.24) is 0 Å². The van der Waals surface area contributed by atoms with Crippen LogP contribution in [0.1, 0.15) is 0 Å². The molecule has 0 aromatic heterocycles. The average Bonchev–Trinajstić information content (AvgIpc) is 2.28. The molecule has 0 aliphatic carbocycles. The molecule has 18 heavy (non-hydrogen) atoms. The molecule has 0 atom stereocenters. The van der Waals surface area contributed by atoms with Gasteiger partial charge in [-0.25, -0.2) is 8.42 Å². The molecule has 0 radical (unpaired) electrons. The Bertz CT molecular complexity index is 699. The Morgan fingerprint density at radius 1 is 0.944 bits per heavy atom. The van der Waals surface area contributed by atoms with Gasteiger partial charge in [0.15, 0.2) is 0 Å². The van der Waals surface area contributed by atoms with Crippen molar-refractivity contribution in [1.29, 1.82) is 0 Å². The third-order valence-electron chi connectivity index (χ3n) is 2.41. The molecule has 0 spiro atoms. The Kier molecular flexibility index (Phi) is 3.32. The first-order valence-corrected chi connectivity index (χ1v) is 7.34. The van der Waals surface area contributed by atoms with Gasteiger partial charge in [-0.3, -0.25) is 0 Å². The lowest BCUT2D eigenvalue weighted by molar-refractivity contribution is 0.595. The predicted octanol–water partition coefficient (Wildman–Crippen LogP) is 2.45. The van der Waals surface area contributed by atoms with Crippen molar-refractivity contribution in [2.24, 2.45) is 0 Å². The van der Waals surface area contributed by atoms with Crippen molar-refractivity contribution >= 4 is 37.1 Å². The van der Waals surface area contributed by atoms with Crippen molar-refractivity contribution in [3.8, 4) is 0 Å². The smallest absolute Gasteiger partial charge is 0.207 e. The van der Waals surface area contributed by atoms with Crippen LogP contribution in [0.4, 0.5) is 11.4 Å². The molecule has 4 N–H and O–H groups in total. The number of hydrogen-bond donors (Lipinski definition) is 2. The minimum atomic E-state index is -3.59. The van der Waals surface area contributed by atoms with Crippen LogP contribution in [0.3, 0.4) is 0 Å². The van der Waals surface area contributed by atoms with E-state index in [9.17, 15) is 8.42 Å². The van der Waals surface area contributed by atoms with Gasteiger partial charge in [0.25, 0.3) is 0 Å². The summed E-state index contributed by atoms with van der Waals surface area (Å²) in [5.41, 5.74) is 12.1. The maximum Gasteiger partial charge on any atom is 0.207 e. The zero-order valence-corrected chi connectivity index (χ0v) is 11.7. The molecule has 0 aliphatic heterocycles. The van der Waals surface area contributed by atoms with Crippen LogP contribution in [0.25, 0.3) is 0 Å². The van der Waals surface area contributed by atoms with E-state index >= 15 is 0 Å². The molecule has 0 saturated heterocycles. The predicted molar refractivity (Wildman–Crippen MR) is 74.9 cm³/mol. The van der Waals surface area contributed by atoms with Crippen molar-refractivity contribution in [3.05, 3.63) is 46.9 Å². The molecule has 0 amide bonds. The van der Waals surface area contributed by atoms with Crippen LogP contribution in [0.15, 0.2) is 56.7 Å². The Morgan fingerprint density at radius 3 is 2.22 bits per heavy atom. The second-order valence-corrected chi connectivity index (χ2v) is 6.54. The minimum Gasteiger partial charge on any atom is -0.399 e. The van der Waals surface area contributed by atoms with Crippen LogP contribution in [0.2, 0.25) is 0 Å². The van der Waals surface area contributed by atoms with Gasteiger partial charge in [-0.2, -0.15) is 0 Å². The lowest BCUT2D eigenvalue weighted by atomic mass is 10.3. The van der Waals surface area contributed by atoms with Crippen LogP contribution >= 0.6 is 15.9 Å². The SMILES string of the molecule is Nc1cccc(S(=O)(=O)c2ccc(N)cc2Br)c1. The molecule has 0 unspecified atom stereocenters. The second-order valence-electron chi connectivity index (χ2n) is 3.77. The Hall–Kier alpha value is -1.53. The maximum atomic E-state index is 12.4. The van der Waals surface area contributed by atoms with E-state index in [0.29, 0.717) is 15.8 Å². The van der Waals surface area contributed by atoms with Gasteiger partial charge in [0.1, 0.15) is 0 Å². The zero-order valence-electron chi connectivity index (χ0n) is 9.30.